The van der Waals surface area contributed by atoms with Crippen molar-refractivity contribution in [3.05, 3.63) is 35.4 Å². The molecule has 4 amide bonds. The lowest BCUT2D eigenvalue weighted by atomic mass is 10.0. The molecule has 1 aromatic rings. The molecule has 1 aromatic carbocycles. The fourth-order valence-corrected chi connectivity index (χ4v) is 2.55. The van der Waals surface area contributed by atoms with Crippen LogP contribution in [-0.4, -0.2) is 54.5 Å². The van der Waals surface area contributed by atoms with Crippen molar-refractivity contribution >= 4 is 23.8 Å². The molecule has 1 aliphatic heterocycles. The zero-order valence-electron chi connectivity index (χ0n) is 15.1. The van der Waals surface area contributed by atoms with Crippen molar-refractivity contribution in [2.75, 3.05) is 19.7 Å². The van der Waals surface area contributed by atoms with Crippen molar-refractivity contribution in [1.82, 2.24) is 15.5 Å². The molecule has 1 saturated heterocycles. The SMILES string of the molecule is Cc1ccccc1C(=O)N[C@H](C(=O)OCC(=O)N1CCNC1=O)C(C)C. The summed E-state index contributed by atoms with van der Waals surface area (Å²) in [5, 5.41) is 5.16. The van der Waals surface area contributed by atoms with Gasteiger partial charge in [0, 0.05) is 18.7 Å². The first-order chi connectivity index (χ1) is 12.3. The smallest absolute Gasteiger partial charge is 0.329 e. The Morgan fingerprint density at radius 1 is 1.27 bits per heavy atom. The highest BCUT2D eigenvalue weighted by molar-refractivity contribution is 5.99. The molecule has 8 nitrogen and oxygen atoms in total. The molecular weight excluding hydrogens is 338 g/mol. The van der Waals surface area contributed by atoms with Crippen LogP contribution < -0.4 is 10.6 Å². The third-order valence-corrected chi connectivity index (χ3v) is 4.09. The number of aryl methyl sites for hydroxylation is 1. The van der Waals surface area contributed by atoms with Crippen LogP contribution in [0.15, 0.2) is 24.3 Å². The van der Waals surface area contributed by atoms with Gasteiger partial charge in [0.2, 0.25) is 0 Å². The lowest BCUT2D eigenvalue weighted by Crippen LogP contribution is -2.46. The summed E-state index contributed by atoms with van der Waals surface area (Å²) in [6.07, 6.45) is 0. The van der Waals surface area contributed by atoms with Crippen LogP contribution in [0.1, 0.15) is 29.8 Å². The molecule has 0 spiro atoms. The highest BCUT2D eigenvalue weighted by Gasteiger charge is 2.30. The lowest BCUT2D eigenvalue weighted by Gasteiger charge is -2.21. The number of nitrogens with one attached hydrogen (secondary N) is 2. The quantitative estimate of drug-likeness (QED) is 0.731. The van der Waals surface area contributed by atoms with E-state index in [1.54, 1.807) is 39.0 Å². The maximum atomic E-state index is 12.4. The number of carbonyl (C=O) groups is 4. The molecule has 1 aliphatic rings. The molecule has 0 bridgehead atoms. The summed E-state index contributed by atoms with van der Waals surface area (Å²) in [4.78, 5) is 49.1. The summed E-state index contributed by atoms with van der Waals surface area (Å²) in [7, 11) is 0. The zero-order chi connectivity index (χ0) is 19.3. The summed E-state index contributed by atoms with van der Waals surface area (Å²) >= 11 is 0. The lowest BCUT2D eigenvalue weighted by molar-refractivity contribution is -0.153. The highest BCUT2D eigenvalue weighted by atomic mass is 16.5. The van der Waals surface area contributed by atoms with E-state index in [9.17, 15) is 19.2 Å². The number of carbonyl (C=O) groups excluding carboxylic acids is 4. The summed E-state index contributed by atoms with van der Waals surface area (Å²) < 4.78 is 5.03. The third-order valence-electron chi connectivity index (χ3n) is 4.09. The van der Waals surface area contributed by atoms with Gasteiger partial charge < -0.3 is 15.4 Å². The van der Waals surface area contributed by atoms with Gasteiger partial charge in [-0.2, -0.15) is 0 Å². The van der Waals surface area contributed by atoms with E-state index in [0.29, 0.717) is 12.1 Å². The van der Waals surface area contributed by atoms with Crippen LogP contribution in [0, 0.1) is 12.8 Å². The number of nitrogens with zero attached hydrogens (tertiary/aromatic N) is 1. The Kier molecular flexibility index (Phi) is 6.32. The minimum absolute atomic E-state index is 0.236. The largest absolute Gasteiger partial charge is 0.454 e. The highest BCUT2D eigenvalue weighted by Crippen LogP contribution is 2.10. The summed E-state index contributed by atoms with van der Waals surface area (Å²) in [5.41, 5.74) is 1.26. The Hall–Kier alpha value is -2.90. The van der Waals surface area contributed by atoms with E-state index < -0.39 is 30.6 Å². The van der Waals surface area contributed by atoms with Crippen molar-refractivity contribution in [2.24, 2.45) is 5.92 Å². The fraction of sp³-hybridized carbons (Fsp3) is 0.444. The standard InChI is InChI=1S/C18H23N3O5/c1-11(2)15(20-16(23)13-7-5-4-6-12(13)3)17(24)26-10-14(22)21-9-8-19-18(21)25/h4-7,11,15H,8-10H2,1-3H3,(H,19,25)(H,20,23)/t15-/m0/s1. The van der Waals surface area contributed by atoms with E-state index in [1.807, 2.05) is 6.07 Å². The van der Waals surface area contributed by atoms with Gasteiger partial charge in [-0.3, -0.25) is 14.5 Å². The van der Waals surface area contributed by atoms with Gasteiger partial charge in [-0.15, -0.1) is 0 Å². The van der Waals surface area contributed by atoms with Crippen LogP contribution in [0.4, 0.5) is 4.79 Å². The molecule has 0 aromatic heterocycles. The van der Waals surface area contributed by atoms with E-state index in [2.05, 4.69) is 10.6 Å². The van der Waals surface area contributed by atoms with Crippen LogP contribution >= 0.6 is 0 Å². The number of benzene rings is 1. The first kappa shape index (κ1) is 19.4. The van der Waals surface area contributed by atoms with Crippen LogP contribution in [0.2, 0.25) is 0 Å². The van der Waals surface area contributed by atoms with Crippen molar-refractivity contribution in [3.63, 3.8) is 0 Å². The number of esters is 1. The van der Waals surface area contributed by atoms with Gasteiger partial charge in [-0.25, -0.2) is 9.59 Å². The average Bonchev–Trinajstić information content (AvgIpc) is 3.03. The average molecular weight is 361 g/mol. The molecule has 0 aliphatic carbocycles. The van der Waals surface area contributed by atoms with Crippen LogP contribution in [0.25, 0.3) is 0 Å². The molecule has 26 heavy (non-hydrogen) atoms. The number of ether oxygens (including phenoxy) is 1. The van der Waals surface area contributed by atoms with Crippen molar-refractivity contribution < 1.29 is 23.9 Å². The van der Waals surface area contributed by atoms with Gasteiger partial charge in [-0.1, -0.05) is 32.0 Å². The van der Waals surface area contributed by atoms with Gasteiger partial charge in [0.25, 0.3) is 11.8 Å². The van der Waals surface area contributed by atoms with Gasteiger partial charge in [0.1, 0.15) is 6.04 Å². The fourth-order valence-electron chi connectivity index (χ4n) is 2.55. The van der Waals surface area contributed by atoms with E-state index >= 15 is 0 Å². The Morgan fingerprint density at radius 2 is 1.96 bits per heavy atom. The summed E-state index contributed by atoms with van der Waals surface area (Å²) in [5.74, 6) is -1.93. The molecule has 0 unspecified atom stereocenters. The maximum Gasteiger partial charge on any atom is 0.329 e. The van der Waals surface area contributed by atoms with E-state index in [-0.39, 0.29) is 18.4 Å². The first-order valence-electron chi connectivity index (χ1n) is 8.42. The molecule has 1 fully saturated rings. The second kappa shape index (κ2) is 8.46. The number of hydrogen-bond acceptors (Lipinski definition) is 5. The molecule has 8 heteroatoms. The van der Waals surface area contributed by atoms with E-state index in [4.69, 9.17) is 4.74 Å². The minimum atomic E-state index is -0.901. The van der Waals surface area contributed by atoms with Gasteiger partial charge in [-0.05, 0) is 24.5 Å². The maximum absolute atomic E-state index is 12.4. The number of imide groups is 1. The first-order valence-corrected chi connectivity index (χ1v) is 8.42. The minimum Gasteiger partial charge on any atom is -0.454 e. The van der Waals surface area contributed by atoms with Crippen LogP contribution in [0.5, 0.6) is 0 Å². The predicted octanol–water partition coefficient (Wildman–Crippen LogP) is 0.844. The number of hydrogen-bond donors (Lipinski definition) is 2. The molecule has 140 valence electrons. The molecule has 2 N–H and O–H groups in total. The Labute approximate surface area is 151 Å². The Bertz CT molecular complexity index is 717. The molecular formula is C18H23N3O5. The monoisotopic (exact) mass is 361 g/mol. The number of amides is 4. The second-order valence-electron chi connectivity index (χ2n) is 6.40. The molecule has 2 rings (SSSR count). The third kappa shape index (κ3) is 4.59. The summed E-state index contributed by atoms with van der Waals surface area (Å²) in [6, 6.07) is 5.63. The topological polar surface area (TPSA) is 105 Å². The van der Waals surface area contributed by atoms with Gasteiger partial charge in [0.05, 0.1) is 0 Å². The summed E-state index contributed by atoms with van der Waals surface area (Å²) in [6.45, 7) is 5.40. The molecule has 1 atom stereocenters. The van der Waals surface area contributed by atoms with Crippen LogP contribution in [-0.2, 0) is 14.3 Å². The normalized spacial score (nSPS) is 14.8. The van der Waals surface area contributed by atoms with Gasteiger partial charge >= 0.3 is 12.0 Å². The Balaban J connectivity index is 1.97. The van der Waals surface area contributed by atoms with Gasteiger partial charge in [0.15, 0.2) is 6.61 Å². The van der Waals surface area contributed by atoms with Crippen molar-refractivity contribution in [2.45, 2.75) is 26.8 Å². The second-order valence-corrected chi connectivity index (χ2v) is 6.40. The van der Waals surface area contributed by atoms with E-state index in [1.165, 1.54) is 0 Å². The zero-order valence-corrected chi connectivity index (χ0v) is 15.1. The Morgan fingerprint density at radius 3 is 2.54 bits per heavy atom. The molecule has 1 heterocycles. The number of urea groups is 1. The van der Waals surface area contributed by atoms with Crippen LogP contribution in [0.3, 0.4) is 0 Å². The van der Waals surface area contributed by atoms with Crippen molar-refractivity contribution in [3.8, 4) is 0 Å². The predicted molar refractivity (Wildman–Crippen MR) is 93.3 cm³/mol. The number of rotatable bonds is 6. The molecule has 0 radical (unpaired) electrons. The van der Waals surface area contributed by atoms with Crippen molar-refractivity contribution in [1.29, 1.82) is 0 Å². The molecule has 0 saturated carbocycles. The van der Waals surface area contributed by atoms with E-state index in [0.717, 1.165) is 10.5 Å².